The molecule has 0 N–H and O–H groups in total. The lowest BCUT2D eigenvalue weighted by atomic mass is 10.1. The second-order valence-corrected chi connectivity index (χ2v) is 16.1. The number of ether oxygens (including phenoxy) is 3. The largest absolute Gasteiger partial charge is 0.462 e. The molecule has 65 heavy (non-hydrogen) atoms. The van der Waals surface area contributed by atoms with Crippen molar-refractivity contribution in [3.8, 4) is 0 Å². The van der Waals surface area contributed by atoms with E-state index in [9.17, 15) is 14.4 Å². The molecule has 0 heterocycles. The Morgan fingerprint density at radius 2 is 0.692 bits per heavy atom. The van der Waals surface area contributed by atoms with Crippen LogP contribution >= 0.6 is 0 Å². The summed E-state index contributed by atoms with van der Waals surface area (Å²) in [4.78, 5) is 37.9. The van der Waals surface area contributed by atoms with Gasteiger partial charge in [-0.3, -0.25) is 14.4 Å². The number of unbranched alkanes of at least 4 members (excludes halogenated alkanes) is 12. The maximum absolute atomic E-state index is 12.8. The van der Waals surface area contributed by atoms with Gasteiger partial charge in [-0.05, 0) is 103 Å². The molecule has 0 aliphatic heterocycles. The van der Waals surface area contributed by atoms with Gasteiger partial charge in [0.05, 0.1) is 0 Å². The van der Waals surface area contributed by atoms with E-state index in [0.717, 1.165) is 89.9 Å². The first-order chi connectivity index (χ1) is 32.0. The topological polar surface area (TPSA) is 78.9 Å². The zero-order valence-corrected chi connectivity index (χ0v) is 41.2. The maximum Gasteiger partial charge on any atom is 0.306 e. The molecule has 1 atom stereocenters. The van der Waals surface area contributed by atoms with Gasteiger partial charge in [0.2, 0.25) is 0 Å². The molecule has 0 aromatic rings. The smallest absolute Gasteiger partial charge is 0.306 e. The molecule has 0 rings (SSSR count). The Kier molecular flexibility index (Phi) is 48.2. The monoisotopic (exact) mass is 895 g/mol. The fraction of sp³-hybridized carbons (Fsp3) is 0.542. The lowest BCUT2D eigenvalue weighted by molar-refractivity contribution is -0.167. The van der Waals surface area contributed by atoms with E-state index in [1.807, 2.05) is 54.7 Å². The Labute approximate surface area is 397 Å². The van der Waals surface area contributed by atoms with E-state index in [0.29, 0.717) is 12.8 Å². The van der Waals surface area contributed by atoms with Crippen LogP contribution in [0.4, 0.5) is 0 Å². The van der Waals surface area contributed by atoms with Crippen molar-refractivity contribution in [3.05, 3.63) is 146 Å². The van der Waals surface area contributed by atoms with Crippen LogP contribution in [0.25, 0.3) is 0 Å². The molecule has 0 aliphatic carbocycles. The predicted molar refractivity (Wildman–Crippen MR) is 279 cm³/mol. The van der Waals surface area contributed by atoms with Gasteiger partial charge in [0, 0.05) is 19.3 Å². The zero-order chi connectivity index (χ0) is 47.2. The first-order valence-electron chi connectivity index (χ1n) is 25.4. The number of hydrogen-bond acceptors (Lipinski definition) is 6. The molecule has 0 amide bonds. The lowest BCUT2D eigenvalue weighted by Crippen LogP contribution is -2.30. The highest BCUT2D eigenvalue weighted by atomic mass is 16.6. The Hall–Kier alpha value is -4.71. The van der Waals surface area contributed by atoms with Crippen molar-refractivity contribution < 1.29 is 28.6 Å². The van der Waals surface area contributed by atoms with E-state index >= 15 is 0 Å². The van der Waals surface area contributed by atoms with E-state index in [4.69, 9.17) is 14.2 Å². The van der Waals surface area contributed by atoms with Gasteiger partial charge in [-0.15, -0.1) is 0 Å². The first-order valence-corrected chi connectivity index (χ1v) is 25.4. The van der Waals surface area contributed by atoms with Crippen LogP contribution in [-0.2, 0) is 28.6 Å². The van der Waals surface area contributed by atoms with E-state index in [1.165, 1.54) is 44.9 Å². The summed E-state index contributed by atoms with van der Waals surface area (Å²) in [6.07, 6.45) is 74.1. The third-order valence-corrected chi connectivity index (χ3v) is 9.94. The second-order valence-electron chi connectivity index (χ2n) is 16.1. The van der Waals surface area contributed by atoms with Crippen molar-refractivity contribution >= 4 is 17.9 Å². The average Bonchev–Trinajstić information content (AvgIpc) is 3.30. The van der Waals surface area contributed by atoms with Crippen LogP contribution in [0.2, 0.25) is 0 Å². The second kappa shape index (κ2) is 51.9. The molecule has 0 saturated carbocycles. The van der Waals surface area contributed by atoms with Crippen molar-refractivity contribution in [1.82, 2.24) is 0 Å². The average molecular weight is 895 g/mol. The third-order valence-electron chi connectivity index (χ3n) is 9.94. The van der Waals surface area contributed by atoms with Crippen LogP contribution in [0.5, 0.6) is 0 Å². The third kappa shape index (κ3) is 50.2. The van der Waals surface area contributed by atoms with Crippen molar-refractivity contribution in [2.24, 2.45) is 0 Å². The van der Waals surface area contributed by atoms with Gasteiger partial charge < -0.3 is 14.2 Å². The highest BCUT2D eigenvalue weighted by Crippen LogP contribution is 2.12. The number of hydrogen-bond donors (Lipinski definition) is 0. The van der Waals surface area contributed by atoms with E-state index in [-0.39, 0.29) is 50.4 Å². The molecule has 0 aromatic heterocycles. The summed E-state index contributed by atoms with van der Waals surface area (Å²) in [5, 5.41) is 0. The quantitative estimate of drug-likeness (QED) is 0.0199. The minimum atomic E-state index is -0.840. The molecular weight excluding hydrogens is 805 g/mol. The number of carbonyl (C=O) groups is 3. The molecule has 1 unspecified atom stereocenters. The molecule has 0 fully saturated rings. The van der Waals surface area contributed by atoms with Crippen LogP contribution < -0.4 is 0 Å². The fourth-order valence-corrected chi connectivity index (χ4v) is 6.18. The van der Waals surface area contributed by atoms with Gasteiger partial charge in [0.1, 0.15) is 13.2 Å². The van der Waals surface area contributed by atoms with Crippen molar-refractivity contribution in [2.75, 3.05) is 13.2 Å². The predicted octanol–water partition coefficient (Wildman–Crippen LogP) is 16.9. The molecule has 0 aliphatic rings. The molecule has 0 bridgehead atoms. The van der Waals surface area contributed by atoms with Crippen LogP contribution in [0, 0.1) is 0 Å². The van der Waals surface area contributed by atoms with E-state index in [1.54, 1.807) is 0 Å². The molecule has 6 nitrogen and oxygen atoms in total. The SMILES string of the molecule is CC\C=C/C=C\C=C/C=C\C=C/CCCC(=O)OCC(COC(=O)CCC/C=C\C/C=C\C/C=C\C/C=C\C/C=C\CC)OC(=O)CCCCCCCCC/C=C\C/C=C\CCCCC. The standard InChI is InChI=1S/C59H90O6/c1-4-7-10-13-16-19-22-25-27-29-31-34-37-40-43-46-49-52-58(61)64-55-56(54-63-57(60)51-48-45-42-39-36-33-24-21-18-15-12-9-6-3)65-59(62)53-50-47-44-41-38-35-32-30-28-26-23-20-17-14-11-8-5-2/h7,9-10,12,15-21,24-28,31,33-34,36,39-40,42-43,56H,4-6,8,11,13-14,22-23,29-30,32,35,37-38,41,44-55H2,1-3H3/b10-7-,12-9-,18-15-,19-16-,20-17-,24-21-,27-25-,28-26-,34-31-,36-33-,42-39-,43-40-. The summed E-state index contributed by atoms with van der Waals surface area (Å²) in [7, 11) is 0. The molecule has 0 saturated heterocycles. The van der Waals surface area contributed by atoms with Gasteiger partial charge in [0.15, 0.2) is 6.10 Å². The van der Waals surface area contributed by atoms with Gasteiger partial charge in [-0.1, -0.05) is 212 Å². The van der Waals surface area contributed by atoms with Crippen LogP contribution in [0.1, 0.15) is 188 Å². The zero-order valence-electron chi connectivity index (χ0n) is 41.2. The molecule has 0 spiro atoms. The van der Waals surface area contributed by atoms with Gasteiger partial charge in [-0.2, -0.15) is 0 Å². The lowest BCUT2D eigenvalue weighted by Gasteiger charge is -2.18. The Morgan fingerprint density at radius 3 is 1.17 bits per heavy atom. The molecule has 362 valence electrons. The number of carbonyl (C=O) groups excluding carboxylic acids is 3. The Balaban J connectivity index is 4.61. The normalized spacial score (nSPS) is 13.3. The van der Waals surface area contributed by atoms with E-state index < -0.39 is 6.10 Å². The van der Waals surface area contributed by atoms with Crippen molar-refractivity contribution in [3.63, 3.8) is 0 Å². The summed E-state index contributed by atoms with van der Waals surface area (Å²) in [6.45, 7) is 6.20. The summed E-state index contributed by atoms with van der Waals surface area (Å²) in [5.74, 6) is -1.09. The van der Waals surface area contributed by atoms with Gasteiger partial charge >= 0.3 is 17.9 Å². The summed E-state index contributed by atoms with van der Waals surface area (Å²) >= 11 is 0. The number of rotatable bonds is 43. The van der Waals surface area contributed by atoms with Crippen LogP contribution in [0.15, 0.2) is 146 Å². The molecule has 0 radical (unpaired) electrons. The van der Waals surface area contributed by atoms with Crippen LogP contribution in [-0.4, -0.2) is 37.2 Å². The first kappa shape index (κ1) is 60.3. The maximum atomic E-state index is 12.8. The van der Waals surface area contributed by atoms with Gasteiger partial charge in [0.25, 0.3) is 0 Å². The highest BCUT2D eigenvalue weighted by molar-refractivity contribution is 5.71. The summed E-state index contributed by atoms with van der Waals surface area (Å²) < 4.78 is 16.7. The Bertz CT molecular complexity index is 1490. The Morgan fingerprint density at radius 1 is 0.338 bits per heavy atom. The minimum Gasteiger partial charge on any atom is -0.462 e. The number of allylic oxidation sites excluding steroid dienone is 24. The summed E-state index contributed by atoms with van der Waals surface area (Å²) in [6, 6.07) is 0. The summed E-state index contributed by atoms with van der Waals surface area (Å²) in [5.41, 5.74) is 0. The highest BCUT2D eigenvalue weighted by Gasteiger charge is 2.19. The van der Waals surface area contributed by atoms with Crippen LogP contribution in [0.3, 0.4) is 0 Å². The van der Waals surface area contributed by atoms with Crippen molar-refractivity contribution in [1.29, 1.82) is 0 Å². The fourth-order valence-electron chi connectivity index (χ4n) is 6.18. The van der Waals surface area contributed by atoms with Gasteiger partial charge in [-0.25, -0.2) is 0 Å². The molecular formula is C59H90O6. The minimum absolute atomic E-state index is 0.140. The van der Waals surface area contributed by atoms with E-state index in [2.05, 4.69) is 112 Å². The molecule has 6 heteroatoms. The molecule has 0 aromatic carbocycles. The van der Waals surface area contributed by atoms with Crippen molar-refractivity contribution in [2.45, 2.75) is 194 Å². The number of esters is 3.